The van der Waals surface area contributed by atoms with Crippen LogP contribution in [0, 0.1) is 12.3 Å². The Morgan fingerprint density at radius 2 is 1.30 bits per heavy atom. The van der Waals surface area contributed by atoms with Crippen molar-refractivity contribution in [2.45, 2.75) is 141 Å². The molecule has 0 aromatic carbocycles. The number of imidazole rings is 1. The Bertz CT molecular complexity index is 1360. The van der Waals surface area contributed by atoms with Crippen molar-refractivity contribution >= 4 is 36.1 Å². The van der Waals surface area contributed by atoms with E-state index in [1.54, 1.807) is 10.9 Å². The minimum Gasteiger partial charge on any atom is -0.463 e. The highest BCUT2D eigenvalue weighted by Gasteiger charge is 2.53. The molecular weight excluding hydrogens is 641 g/mol. The quantitative estimate of drug-likeness (QED) is 0.0907. The zero-order chi connectivity index (χ0) is 34.9. The Labute approximate surface area is 278 Å². The summed E-state index contributed by atoms with van der Waals surface area (Å²) in [7, 11) is -6.97. The van der Waals surface area contributed by atoms with Crippen molar-refractivity contribution in [3.63, 3.8) is 0 Å². The number of rotatable bonds is 13. The maximum atomic E-state index is 6.68. The molecule has 2 aromatic heterocycles. The Balaban J connectivity index is 2.06. The van der Waals surface area contributed by atoms with Crippen LogP contribution in [0.25, 0.3) is 11.2 Å². The summed E-state index contributed by atoms with van der Waals surface area (Å²) in [5.41, 5.74) is 0.900. The number of terminal acetylenes is 1. The maximum Gasteiger partial charge on any atom is 0.246 e. The first-order valence-electron chi connectivity index (χ1n) is 15.8. The van der Waals surface area contributed by atoms with Crippen molar-refractivity contribution in [2.75, 3.05) is 13.2 Å². The number of fused-ring (bicyclic) bond motifs is 1. The summed E-state index contributed by atoms with van der Waals surface area (Å²) in [4.78, 5) is 31.9. The summed E-state index contributed by atoms with van der Waals surface area (Å²) in [6.45, 7) is 32.1. The SMILES string of the molecule is C#CCOc1ncnc2c1ncn2[C@@H]1O[C@H](COO[Si](C)(C)C(C)(C)C)[C@@H](OO[Si](C)(C)C(C)(C)C)[C@H]1OO[Si](C)(C)C(C)(C)C. The minimum atomic E-state index is -2.38. The van der Waals surface area contributed by atoms with E-state index < -0.39 is 49.5 Å². The predicted octanol–water partition coefficient (Wildman–Crippen LogP) is 7.33. The highest BCUT2D eigenvalue weighted by molar-refractivity contribution is 6.74. The fourth-order valence-corrected chi connectivity index (χ4v) is 5.31. The third kappa shape index (κ3) is 8.65. The standard InChI is InChI=1S/C31H56N4O8Si3/c1-17-18-36-27-23-26(32-20-33-27)35(21-34-23)28-25(40-43-46(15,16)31(8,9)10)24(39-42-45(13,14)30(5,6)7)22(38-28)19-37-41-44(11,12)29(2,3)4/h1,20-22,24-25,28H,18-19H2,2-16H3/t22-,24-,25-,28-/m1/s1. The lowest BCUT2D eigenvalue weighted by molar-refractivity contribution is -0.338. The third-order valence-corrected chi connectivity index (χ3v) is 22.2. The molecule has 0 saturated carbocycles. The van der Waals surface area contributed by atoms with Gasteiger partial charge in [0.25, 0.3) is 0 Å². The van der Waals surface area contributed by atoms with Crippen LogP contribution in [0.1, 0.15) is 68.5 Å². The molecule has 3 heterocycles. The van der Waals surface area contributed by atoms with Gasteiger partial charge < -0.3 is 9.47 Å². The van der Waals surface area contributed by atoms with Crippen LogP contribution in [0.3, 0.4) is 0 Å². The zero-order valence-electron chi connectivity index (χ0n) is 30.5. The van der Waals surface area contributed by atoms with Crippen molar-refractivity contribution in [1.29, 1.82) is 0 Å². The van der Waals surface area contributed by atoms with E-state index in [4.69, 9.17) is 44.3 Å². The molecule has 46 heavy (non-hydrogen) atoms. The first kappa shape index (κ1) is 38.7. The van der Waals surface area contributed by atoms with E-state index in [9.17, 15) is 0 Å². The summed E-state index contributed by atoms with van der Waals surface area (Å²) >= 11 is 0. The maximum absolute atomic E-state index is 6.68. The first-order valence-corrected chi connectivity index (χ1v) is 24.5. The molecule has 2 aromatic rings. The van der Waals surface area contributed by atoms with Crippen molar-refractivity contribution in [3.8, 4) is 18.2 Å². The van der Waals surface area contributed by atoms with Gasteiger partial charge >= 0.3 is 0 Å². The second-order valence-corrected chi connectivity index (χ2v) is 30.6. The van der Waals surface area contributed by atoms with Crippen LogP contribution in [-0.2, 0) is 33.1 Å². The number of aromatic nitrogens is 4. The number of hydrogen-bond acceptors (Lipinski definition) is 11. The van der Waals surface area contributed by atoms with Crippen molar-refractivity contribution in [1.82, 2.24) is 19.5 Å². The van der Waals surface area contributed by atoms with Crippen LogP contribution in [0.5, 0.6) is 5.88 Å². The van der Waals surface area contributed by atoms with Crippen LogP contribution in [0.2, 0.25) is 54.4 Å². The molecule has 1 fully saturated rings. The number of nitrogens with zero attached hydrogens (tertiary/aromatic N) is 4. The normalized spacial score (nSPS) is 22.0. The lowest BCUT2D eigenvalue weighted by Crippen LogP contribution is -2.48. The average Bonchev–Trinajstić information content (AvgIpc) is 3.49. The lowest BCUT2D eigenvalue weighted by atomic mass is 10.1. The van der Waals surface area contributed by atoms with Crippen LogP contribution in [0.4, 0.5) is 0 Å². The molecular formula is C31H56N4O8Si3. The topological polar surface area (TPSA) is 117 Å². The molecule has 1 aliphatic rings. The van der Waals surface area contributed by atoms with Gasteiger partial charge in [0.1, 0.15) is 19.0 Å². The zero-order valence-corrected chi connectivity index (χ0v) is 33.5. The Morgan fingerprint density at radius 1 is 0.783 bits per heavy atom. The Hall–Kier alpha value is -1.72. The molecule has 15 heteroatoms. The molecule has 0 spiro atoms. The Kier molecular flexibility index (Phi) is 11.8. The fraction of sp³-hybridized carbons (Fsp3) is 0.774. The van der Waals surface area contributed by atoms with E-state index in [1.807, 2.05) is 0 Å². The van der Waals surface area contributed by atoms with Crippen LogP contribution < -0.4 is 4.74 Å². The molecule has 1 saturated heterocycles. The summed E-state index contributed by atoms with van der Waals surface area (Å²) in [6, 6.07) is 0. The highest BCUT2D eigenvalue weighted by atomic mass is 28.4. The largest absolute Gasteiger partial charge is 0.463 e. The first-order chi connectivity index (χ1) is 20.9. The molecule has 0 amide bonds. The van der Waals surface area contributed by atoms with Gasteiger partial charge in [0.05, 0.1) is 6.33 Å². The Morgan fingerprint density at radius 3 is 1.83 bits per heavy atom. The highest BCUT2D eigenvalue weighted by Crippen LogP contribution is 2.43. The molecule has 0 bridgehead atoms. The van der Waals surface area contributed by atoms with Crippen LogP contribution >= 0.6 is 0 Å². The predicted molar refractivity (Wildman–Crippen MR) is 184 cm³/mol. The van der Waals surface area contributed by atoms with Crippen molar-refractivity contribution in [3.05, 3.63) is 12.7 Å². The van der Waals surface area contributed by atoms with Crippen molar-refractivity contribution < 1.29 is 37.9 Å². The summed E-state index contributed by atoms with van der Waals surface area (Å²) in [6.07, 6.45) is 5.40. The number of hydrogen-bond donors (Lipinski definition) is 0. The van der Waals surface area contributed by atoms with Crippen molar-refractivity contribution in [2.24, 2.45) is 0 Å². The third-order valence-electron chi connectivity index (χ3n) is 9.83. The summed E-state index contributed by atoms with van der Waals surface area (Å²) < 4.78 is 32.8. The van der Waals surface area contributed by atoms with E-state index in [0.717, 1.165) is 0 Å². The van der Waals surface area contributed by atoms with E-state index in [-0.39, 0.29) is 34.2 Å². The molecule has 0 N–H and O–H groups in total. The van der Waals surface area contributed by atoms with E-state index in [0.29, 0.717) is 11.2 Å². The minimum absolute atomic E-state index is 0.0410. The van der Waals surface area contributed by atoms with E-state index in [2.05, 4.69) is 122 Å². The molecule has 4 atom stereocenters. The second kappa shape index (κ2) is 14.0. The lowest BCUT2D eigenvalue weighted by Gasteiger charge is -2.38. The molecule has 0 unspecified atom stereocenters. The van der Waals surface area contributed by atoms with Gasteiger partial charge in [0.15, 0.2) is 36.2 Å². The molecule has 3 rings (SSSR count). The molecule has 0 radical (unpaired) electrons. The van der Waals surface area contributed by atoms with Crippen LogP contribution in [0.15, 0.2) is 12.7 Å². The molecule has 0 aliphatic carbocycles. The number of ether oxygens (including phenoxy) is 2. The smallest absolute Gasteiger partial charge is 0.246 e. The average molecular weight is 697 g/mol. The van der Waals surface area contributed by atoms with Gasteiger partial charge in [0, 0.05) is 0 Å². The summed E-state index contributed by atoms with van der Waals surface area (Å²) in [5, 5.41) is -0.276. The van der Waals surface area contributed by atoms with Gasteiger partial charge in [0.2, 0.25) is 30.8 Å². The van der Waals surface area contributed by atoms with E-state index in [1.165, 1.54) is 6.33 Å². The molecule has 260 valence electrons. The van der Waals surface area contributed by atoms with Gasteiger partial charge in [-0.1, -0.05) is 68.2 Å². The molecule has 1 aliphatic heterocycles. The van der Waals surface area contributed by atoms with E-state index >= 15 is 0 Å². The van der Waals surface area contributed by atoms with Gasteiger partial charge in [-0.15, -0.1) is 6.42 Å². The van der Waals surface area contributed by atoms with Crippen LogP contribution in [-0.4, -0.2) is 76.0 Å². The van der Waals surface area contributed by atoms with Gasteiger partial charge in [-0.3, -0.25) is 18.3 Å². The second-order valence-electron chi connectivity index (χ2n) is 16.5. The van der Waals surface area contributed by atoms with Gasteiger partial charge in [-0.2, -0.15) is 4.98 Å². The molecule has 12 nitrogen and oxygen atoms in total. The van der Waals surface area contributed by atoms with Gasteiger partial charge in [-0.05, 0) is 54.4 Å². The van der Waals surface area contributed by atoms with Gasteiger partial charge in [-0.25, -0.2) is 24.6 Å². The monoisotopic (exact) mass is 696 g/mol. The summed E-state index contributed by atoms with van der Waals surface area (Å²) in [5.74, 6) is 2.73. The fourth-order valence-electron chi connectivity index (χ4n) is 3.49.